The van der Waals surface area contributed by atoms with Gasteiger partial charge in [0.15, 0.2) is 0 Å². The molecule has 0 aromatic rings. The van der Waals surface area contributed by atoms with Crippen molar-refractivity contribution in [1.29, 1.82) is 0 Å². The van der Waals surface area contributed by atoms with Crippen molar-refractivity contribution in [2.75, 3.05) is 26.7 Å². The van der Waals surface area contributed by atoms with E-state index in [1.54, 1.807) is 0 Å². The lowest BCUT2D eigenvalue weighted by molar-refractivity contribution is -0.0263. The summed E-state index contributed by atoms with van der Waals surface area (Å²) < 4.78 is 14.3. The van der Waals surface area contributed by atoms with Gasteiger partial charge >= 0.3 is 0 Å². The number of alkyl halides is 1. The van der Waals surface area contributed by atoms with Crippen molar-refractivity contribution in [3.63, 3.8) is 0 Å². The predicted octanol–water partition coefficient (Wildman–Crippen LogP) is 2.04. The second-order valence-electron chi connectivity index (χ2n) is 5.81. The zero-order valence-electron chi connectivity index (χ0n) is 11.3. The van der Waals surface area contributed by atoms with E-state index in [0.717, 1.165) is 25.8 Å². The Morgan fingerprint density at radius 1 is 1.39 bits per heavy atom. The number of piperidine rings is 1. The molecule has 1 aliphatic heterocycles. The summed E-state index contributed by atoms with van der Waals surface area (Å²) in [5, 5.41) is 9.21. The van der Waals surface area contributed by atoms with Gasteiger partial charge in [-0.15, -0.1) is 0 Å². The summed E-state index contributed by atoms with van der Waals surface area (Å²) >= 11 is 0. The highest BCUT2D eigenvalue weighted by Crippen LogP contribution is 2.33. The summed E-state index contributed by atoms with van der Waals surface area (Å²) in [6.45, 7) is 1.01. The monoisotopic (exact) mass is 256 g/mol. The Balaban J connectivity index is 2.04. The minimum atomic E-state index is -1.39. The van der Waals surface area contributed by atoms with E-state index in [9.17, 15) is 9.50 Å². The third-order valence-corrected chi connectivity index (χ3v) is 4.43. The van der Waals surface area contributed by atoms with Crippen LogP contribution < -0.4 is 0 Å². The number of rotatable bonds is 3. The van der Waals surface area contributed by atoms with E-state index >= 15 is 0 Å². The quantitative estimate of drug-likeness (QED) is 0.784. The van der Waals surface area contributed by atoms with Gasteiger partial charge in [-0.2, -0.15) is 0 Å². The van der Waals surface area contributed by atoms with E-state index in [0.29, 0.717) is 24.9 Å². The summed E-state index contributed by atoms with van der Waals surface area (Å²) in [5.41, 5.74) is -1.39. The van der Waals surface area contributed by atoms with Crippen LogP contribution in [0.1, 0.15) is 38.5 Å². The second-order valence-corrected chi connectivity index (χ2v) is 5.81. The predicted molar refractivity (Wildman–Crippen MR) is 71.9 cm³/mol. The molecule has 2 aliphatic rings. The van der Waals surface area contributed by atoms with Crippen LogP contribution in [-0.2, 0) is 0 Å². The van der Waals surface area contributed by atoms with Gasteiger partial charge in [-0.25, -0.2) is 4.39 Å². The summed E-state index contributed by atoms with van der Waals surface area (Å²) in [6.07, 6.45) is 8.17. The van der Waals surface area contributed by atoms with E-state index < -0.39 is 5.67 Å². The fourth-order valence-corrected chi connectivity index (χ4v) is 3.49. The van der Waals surface area contributed by atoms with Crippen molar-refractivity contribution in [1.82, 2.24) is 4.90 Å². The minimum absolute atomic E-state index is 0.344. The molecule has 4 heteroatoms. The average Bonchev–Trinajstić information content (AvgIpc) is 2.40. The molecule has 0 aromatic heterocycles. The molecule has 2 rings (SSSR count). The molecule has 18 heavy (non-hydrogen) atoms. The molecule has 104 valence electrons. The Morgan fingerprint density at radius 3 is 2.89 bits per heavy atom. The van der Waals surface area contributed by atoms with E-state index in [1.807, 2.05) is 13.3 Å². The molecule has 1 heterocycles. The number of halogens is 1. The van der Waals surface area contributed by atoms with Gasteiger partial charge in [-0.3, -0.25) is 4.90 Å². The van der Waals surface area contributed by atoms with Gasteiger partial charge in [0.05, 0.1) is 6.61 Å². The molecule has 0 radical (unpaired) electrons. The molecule has 0 bridgehead atoms. The van der Waals surface area contributed by atoms with Gasteiger partial charge < -0.3 is 10.1 Å². The van der Waals surface area contributed by atoms with Crippen molar-refractivity contribution in [2.45, 2.75) is 50.2 Å². The van der Waals surface area contributed by atoms with Crippen LogP contribution >= 0.6 is 0 Å². The maximum Gasteiger partial charge on any atom is 0.146 e. The number of aliphatic hydroxyl groups excluding tert-OH is 1. The lowest BCUT2D eigenvalue weighted by Gasteiger charge is -2.44. The molecule has 1 aliphatic carbocycles. The smallest absolute Gasteiger partial charge is 0.146 e. The fraction of sp³-hybridized carbons (Fsp3) is 0.929. The van der Waals surface area contributed by atoms with Gasteiger partial charge in [0.1, 0.15) is 5.67 Å². The number of aliphatic hydroxyl groups is 1. The fourth-order valence-electron chi connectivity index (χ4n) is 3.49. The van der Waals surface area contributed by atoms with Gasteiger partial charge in [-0.1, -0.05) is 12.8 Å². The van der Waals surface area contributed by atoms with Crippen molar-refractivity contribution in [2.24, 2.45) is 10.9 Å². The normalized spacial score (nSPS) is 39.3. The van der Waals surface area contributed by atoms with Crippen LogP contribution in [0.2, 0.25) is 0 Å². The minimum Gasteiger partial charge on any atom is -0.393 e. The molecule has 1 N–H and O–H groups in total. The average molecular weight is 256 g/mol. The van der Waals surface area contributed by atoms with E-state index in [2.05, 4.69) is 9.89 Å². The van der Waals surface area contributed by atoms with E-state index in [4.69, 9.17) is 0 Å². The van der Waals surface area contributed by atoms with Crippen molar-refractivity contribution < 1.29 is 9.50 Å². The Morgan fingerprint density at radius 2 is 2.17 bits per heavy atom. The largest absolute Gasteiger partial charge is 0.393 e. The van der Waals surface area contributed by atoms with Gasteiger partial charge in [0, 0.05) is 31.8 Å². The third kappa shape index (κ3) is 3.09. The second kappa shape index (κ2) is 6.11. The molecule has 1 saturated carbocycles. The highest BCUT2D eigenvalue weighted by atomic mass is 19.1. The molecule has 1 unspecified atom stereocenters. The van der Waals surface area contributed by atoms with Crippen molar-refractivity contribution in [3.05, 3.63) is 0 Å². The van der Waals surface area contributed by atoms with Crippen LogP contribution in [0.25, 0.3) is 0 Å². The summed E-state index contributed by atoms with van der Waals surface area (Å²) in [7, 11) is 1.81. The van der Waals surface area contributed by atoms with Crippen LogP contribution in [0.5, 0.6) is 0 Å². The zero-order chi connectivity index (χ0) is 13.0. The van der Waals surface area contributed by atoms with Crippen molar-refractivity contribution >= 4 is 6.21 Å². The molecule has 2 fully saturated rings. The number of likely N-dealkylation sites (tertiary alicyclic amines) is 1. The first-order valence-corrected chi connectivity index (χ1v) is 7.15. The molecule has 3 atom stereocenters. The van der Waals surface area contributed by atoms with Crippen LogP contribution in [0.4, 0.5) is 4.39 Å². The molecule has 0 aromatic carbocycles. The van der Waals surface area contributed by atoms with Crippen molar-refractivity contribution in [3.8, 4) is 0 Å². The molecule has 1 saturated heterocycles. The summed E-state index contributed by atoms with van der Waals surface area (Å²) in [4.78, 5) is 6.42. The standard InChI is InChI=1S/C14H25FN2O/c1-16-9-12-5-2-3-6-13(12)17-8-4-7-14(15,10-17)11-18/h9,12-13,18H,2-8,10-11H2,1H3/b16-9+/t12?,13-,14+/m0/s1. The third-order valence-electron chi connectivity index (χ3n) is 4.43. The molecular weight excluding hydrogens is 231 g/mol. The Bertz CT molecular complexity index is 298. The van der Waals surface area contributed by atoms with E-state index in [1.165, 1.54) is 12.8 Å². The highest BCUT2D eigenvalue weighted by molar-refractivity contribution is 5.61. The topological polar surface area (TPSA) is 35.8 Å². The first kappa shape index (κ1) is 13.9. The van der Waals surface area contributed by atoms with Gasteiger partial charge in [0.25, 0.3) is 0 Å². The number of hydrogen-bond donors (Lipinski definition) is 1. The molecule has 0 spiro atoms. The molecule has 0 amide bonds. The highest BCUT2D eigenvalue weighted by Gasteiger charge is 2.39. The summed E-state index contributed by atoms with van der Waals surface area (Å²) in [5.74, 6) is 0.463. The van der Waals surface area contributed by atoms with Gasteiger partial charge in [-0.05, 0) is 32.2 Å². The van der Waals surface area contributed by atoms with Crippen LogP contribution in [0.3, 0.4) is 0 Å². The Hall–Kier alpha value is -0.480. The summed E-state index contributed by atoms with van der Waals surface area (Å²) in [6, 6.07) is 0.421. The zero-order valence-corrected chi connectivity index (χ0v) is 11.3. The van der Waals surface area contributed by atoms with Crippen LogP contribution in [0, 0.1) is 5.92 Å². The molecular formula is C14H25FN2O. The Kier molecular flexibility index (Phi) is 4.73. The Labute approximate surface area is 109 Å². The maximum absolute atomic E-state index is 14.3. The number of nitrogens with zero attached hydrogens (tertiary/aromatic N) is 2. The maximum atomic E-state index is 14.3. The SMILES string of the molecule is C/N=C/C1CCCC[C@@H]1N1CCC[C@](F)(CO)C1. The molecule has 3 nitrogen and oxygen atoms in total. The van der Waals surface area contributed by atoms with Gasteiger partial charge in [0.2, 0.25) is 0 Å². The van der Waals surface area contributed by atoms with E-state index in [-0.39, 0.29) is 6.61 Å². The van der Waals surface area contributed by atoms with Crippen LogP contribution in [0.15, 0.2) is 4.99 Å². The first-order valence-electron chi connectivity index (χ1n) is 7.15. The number of hydrogen-bond acceptors (Lipinski definition) is 3. The van der Waals surface area contributed by atoms with Crippen LogP contribution in [-0.4, -0.2) is 54.7 Å². The first-order chi connectivity index (χ1) is 8.68. The lowest BCUT2D eigenvalue weighted by atomic mass is 9.82. The number of aliphatic imine (C=N–C) groups is 1. The lowest BCUT2D eigenvalue weighted by Crippen LogP contribution is -2.54.